The fraction of sp³-hybridized carbons (Fsp3) is 0.167. The van der Waals surface area contributed by atoms with Crippen molar-refractivity contribution in [3.8, 4) is 0 Å². The number of aryl methyl sites for hydroxylation is 2. The number of carbonyl (C=O) groups excluding carboxylic acids is 1. The van der Waals surface area contributed by atoms with Crippen molar-refractivity contribution in [3.63, 3.8) is 0 Å². The first-order valence-corrected chi connectivity index (χ1v) is 7.54. The first kappa shape index (κ1) is 15.7. The molecule has 3 aromatic rings. The second-order valence-electron chi connectivity index (χ2n) is 5.73. The van der Waals surface area contributed by atoms with Gasteiger partial charge in [0.15, 0.2) is 0 Å². The average Bonchev–Trinajstić information content (AvgIpc) is 2.54. The summed E-state index contributed by atoms with van der Waals surface area (Å²) in [6, 6.07) is 12.6. The molecule has 2 aromatic carbocycles. The third-order valence-electron chi connectivity index (χ3n) is 3.84. The van der Waals surface area contributed by atoms with Crippen LogP contribution in [0.15, 0.2) is 52.1 Å². The van der Waals surface area contributed by atoms with Gasteiger partial charge in [0.05, 0.1) is 11.0 Å². The molecule has 0 spiro atoms. The zero-order valence-electron chi connectivity index (χ0n) is 13.4. The number of para-hydroxylation sites is 2. The largest absolute Gasteiger partial charge is 0.324 e. The van der Waals surface area contributed by atoms with E-state index in [1.54, 1.807) is 24.3 Å². The molecule has 1 amide bonds. The Morgan fingerprint density at radius 2 is 1.88 bits per heavy atom. The fourth-order valence-corrected chi connectivity index (χ4v) is 2.67. The van der Waals surface area contributed by atoms with Crippen molar-refractivity contribution < 1.29 is 4.79 Å². The van der Waals surface area contributed by atoms with Gasteiger partial charge in [0.2, 0.25) is 5.91 Å². The lowest BCUT2D eigenvalue weighted by atomic mass is 10.1. The maximum absolute atomic E-state index is 12.3. The maximum Gasteiger partial charge on any atom is 0.317 e. The van der Waals surface area contributed by atoms with E-state index >= 15 is 0 Å². The minimum atomic E-state index is -0.746. The normalized spacial score (nSPS) is 10.8. The first-order valence-electron chi connectivity index (χ1n) is 7.54. The third kappa shape index (κ3) is 2.99. The highest BCUT2D eigenvalue weighted by Gasteiger charge is 2.12. The first-order chi connectivity index (χ1) is 11.5. The highest BCUT2D eigenvalue weighted by Crippen LogP contribution is 2.16. The summed E-state index contributed by atoms with van der Waals surface area (Å²) < 4.78 is 1.19. The lowest BCUT2D eigenvalue weighted by Gasteiger charge is -2.12. The van der Waals surface area contributed by atoms with Crippen LogP contribution in [0.3, 0.4) is 0 Å². The van der Waals surface area contributed by atoms with E-state index in [-0.39, 0.29) is 12.5 Å². The van der Waals surface area contributed by atoms with E-state index in [0.29, 0.717) is 16.7 Å². The molecule has 0 unspecified atom stereocenters. The molecule has 0 aliphatic heterocycles. The van der Waals surface area contributed by atoms with Crippen molar-refractivity contribution >= 4 is 22.6 Å². The minimum absolute atomic E-state index is 0.226. The minimum Gasteiger partial charge on any atom is -0.324 e. The quantitative estimate of drug-likeness (QED) is 0.723. The zero-order chi connectivity index (χ0) is 17.3. The lowest BCUT2D eigenvalue weighted by molar-refractivity contribution is -0.116. The number of carbonyl (C=O) groups is 1. The van der Waals surface area contributed by atoms with E-state index in [9.17, 15) is 14.4 Å². The van der Waals surface area contributed by atoms with Crippen molar-refractivity contribution in [1.29, 1.82) is 0 Å². The smallest absolute Gasteiger partial charge is 0.317 e. The topological polar surface area (TPSA) is 84.0 Å². The van der Waals surface area contributed by atoms with Gasteiger partial charge in [0, 0.05) is 5.69 Å². The van der Waals surface area contributed by atoms with E-state index in [1.165, 1.54) is 4.57 Å². The lowest BCUT2D eigenvalue weighted by Crippen LogP contribution is -2.38. The molecule has 6 heteroatoms. The second-order valence-corrected chi connectivity index (χ2v) is 5.73. The summed E-state index contributed by atoms with van der Waals surface area (Å²) in [5.41, 5.74) is 2.26. The number of hydrogen-bond donors (Lipinski definition) is 2. The van der Waals surface area contributed by atoms with Gasteiger partial charge in [-0.2, -0.15) is 0 Å². The SMILES string of the molecule is Cc1ccc(NC(=O)Cn2c(=O)c(=O)[nH]c3ccccc32)c(C)c1. The van der Waals surface area contributed by atoms with Crippen LogP contribution in [-0.2, 0) is 11.3 Å². The number of aromatic nitrogens is 2. The molecular formula is C18H17N3O3. The van der Waals surface area contributed by atoms with E-state index in [1.807, 2.05) is 32.0 Å². The van der Waals surface area contributed by atoms with Crippen molar-refractivity contribution in [2.45, 2.75) is 20.4 Å². The summed E-state index contributed by atoms with van der Waals surface area (Å²) in [6.45, 7) is 3.65. The zero-order valence-corrected chi connectivity index (χ0v) is 13.4. The van der Waals surface area contributed by atoms with Crippen molar-refractivity contribution in [1.82, 2.24) is 9.55 Å². The number of benzene rings is 2. The number of fused-ring (bicyclic) bond motifs is 1. The summed E-state index contributed by atoms with van der Waals surface area (Å²) in [7, 11) is 0. The Hall–Kier alpha value is -3.15. The summed E-state index contributed by atoms with van der Waals surface area (Å²) in [6.07, 6.45) is 0. The van der Waals surface area contributed by atoms with Gasteiger partial charge in [-0.25, -0.2) is 0 Å². The molecular weight excluding hydrogens is 306 g/mol. The van der Waals surface area contributed by atoms with E-state index in [4.69, 9.17) is 0 Å². The number of nitrogens with one attached hydrogen (secondary N) is 2. The molecule has 1 aromatic heterocycles. The Bertz CT molecular complexity index is 1050. The van der Waals surface area contributed by atoms with E-state index in [0.717, 1.165) is 11.1 Å². The van der Waals surface area contributed by atoms with Crippen LogP contribution in [0.1, 0.15) is 11.1 Å². The number of rotatable bonds is 3. The van der Waals surface area contributed by atoms with Crippen LogP contribution in [-0.4, -0.2) is 15.5 Å². The monoisotopic (exact) mass is 323 g/mol. The highest BCUT2D eigenvalue weighted by molar-refractivity contribution is 5.92. The molecule has 24 heavy (non-hydrogen) atoms. The molecule has 0 atom stereocenters. The third-order valence-corrected chi connectivity index (χ3v) is 3.84. The molecule has 0 aliphatic carbocycles. The Balaban J connectivity index is 1.95. The van der Waals surface area contributed by atoms with E-state index in [2.05, 4.69) is 10.3 Å². The number of anilines is 1. The van der Waals surface area contributed by atoms with Crippen LogP contribution < -0.4 is 16.4 Å². The number of hydrogen-bond acceptors (Lipinski definition) is 3. The van der Waals surface area contributed by atoms with Gasteiger partial charge in [-0.1, -0.05) is 29.8 Å². The average molecular weight is 323 g/mol. The highest BCUT2D eigenvalue weighted by atomic mass is 16.2. The maximum atomic E-state index is 12.3. The predicted octanol–water partition coefficient (Wildman–Crippen LogP) is 1.95. The van der Waals surface area contributed by atoms with Crippen LogP contribution >= 0.6 is 0 Å². The van der Waals surface area contributed by atoms with Gasteiger partial charge >= 0.3 is 11.1 Å². The van der Waals surface area contributed by atoms with Gasteiger partial charge in [-0.05, 0) is 37.6 Å². The molecule has 0 fully saturated rings. The molecule has 0 radical (unpaired) electrons. The Morgan fingerprint density at radius 3 is 2.62 bits per heavy atom. The Kier molecular flexibility index (Phi) is 4.04. The van der Waals surface area contributed by atoms with Gasteiger partial charge in [0.25, 0.3) is 0 Å². The summed E-state index contributed by atoms with van der Waals surface area (Å²) >= 11 is 0. The molecule has 0 aliphatic rings. The molecule has 3 rings (SSSR count). The number of aromatic amines is 1. The number of nitrogens with zero attached hydrogens (tertiary/aromatic N) is 1. The standard InChI is InChI=1S/C18H17N3O3/c1-11-7-8-13(12(2)9-11)19-16(22)10-21-15-6-4-3-5-14(15)20-17(23)18(21)24/h3-9H,10H2,1-2H3,(H,19,22)(H,20,23). The fourth-order valence-electron chi connectivity index (χ4n) is 2.67. The van der Waals surface area contributed by atoms with Gasteiger partial charge in [0.1, 0.15) is 6.54 Å². The van der Waals surface area contributed by atoms with Crippen molar-refractivity contribution in [3.05, 3.63) is 74.3 Å². The molecule has 2 N–H and O–H groups in total. The molecule has 0 saturated carbocycles. The Labute approximate surface area is 137 Å². The van der Waals surface area contributed by atoms with Crippen LogP contribution in [0, 0.1) is 13.8 Å². The molecule has 0 bridgehead atoms. The summed E-state index contributed by atoms with van der Waals surface area (Å²) in [5, 5.41) is 2.79. The predicted molar refractivity (Wildman–Crippen MR) is 93.4 cm³/mol. The second kappa shape index (κ2) is 6.16. The van der Waals surface area contributed by atoms with Gasteiger partial charge in [-0.3, -0.25) is 19.0 Å². The van der Waals surface area contributed by atoms with E-state index < -0.39 is 11.1 Å². The number of amides is 1. The van der Waals surface area contributed by atoms with Crippen molar-refractivity contribution in [2.75, 3.05) is 5.32 Å². The van der Waals surface area contributed by atoms with Crippen molar-refractivity contribution in [2.24, 2.45) is 0 Å². The molecule has 122 valence electrons. The summed E-state index contributed by atoms with van der Waals surface area (Å²) in [4.78, 5) is 38.7. The molecule has 6 nitrogen and oxygen atoms in total. The van der Waals surface area contributed by atoms with Crippen LogP contribution in [0.5, 0.6) is 0 Å². The van der Waals surface area contributed by atoms with Crippen LogP contribution in [0.4, 0.5) is 5.69 Å². The molecule has 1 heterocycles. The molecule has 0 saturated heterocycles. The summed E-state index contributed by atoms with van der Waals surface area (Å²) in [5.74, 6) is -0.361. The van der Waals surface area contributed by atoms with Gasteiger partial charge in [-0.15, -0.1) is 0 Å². The number of H-pyrrole nitrogens is 1. The Morgan fingerprint density at radius 1 is 1.12 bits per heavy atom. The van der Waals surface area contributed by atoms with Crippen LogP contribution in [0.2, 0.25) is 0 Å². The van der Waals surface area contributed by atoms with Crippen LogP contribution in [0.25, 0.3) is 11.0 Å². The van der Waals surface area contributed by atoms with Gasteiger partial charge < -0.3 is 10.3 Å².